The molecule has 1 amide bonds. The molecular formula is C22H25Cl2N5O2. The van der Waals surface area contributed by atoms with E-state index in [0.29, 0.717) is 23.7 Å². The molecular weight excluding hydrogens is 437 g/mol. The fourth-order valence-electron chi connectivity index (χ4n) is 3.13. The van der Waals surface area contributed by atoms with Crippen LogP contribution in [-0.2, 0) is 17.8 Å². The summed E-state index contributed by atoms with van der Waals surface area (Å²) in [5.41, 5.74) is 1.93. The van der Waals surface area contributed by atoms with E-state index in [4.69, 9.17) is 23.2 Å². The average molecular weight is 462 g/mol. The van der Waals surface area contributed by atoms with Gasteiger partial charge in [-0.1, -0.05) is 36.7 Å². The van der Waals surface area contributed by atoms with Gasteiger partial charge in [-0.25, -0.2) is 4.98 Å². The number of nitrogens with one attached hydrogen (secondary N) is 2. The molecule has 2 aromatic heterocycles. The predicted octanol–water partition coefficient (Wildman–Crippen LogP) is 3.02. The van der Waals surface area contributed by atoms with Crippen LogP contribution in [-0.4, -0.2) is 38.9 Å². The van der Waals surface area contributed by atoms with Crippen LogP contribution in [0.5, 0.6) is 0 Å². The van der Waals surface area contributed by atoms with Gasteiger partial charge in [-0.2, -0.15) is 0 Å². The highest BCUT2D eigenvalue weighted by Crippen LogP contribution is 2.28. The average Bonchev–Trinajstić information content (AvgIpc) is 2.75. The Kier molecular flexibility index (Phi) is 7.87. The van der Waals surface area contributed by atoms with E-state index >= 15 is 0 Å². The molecule has 7 nitrogen and oxygen atoms in total. The molecule has 2 aromatic rings. The minimum absolute atomic E-state index is 0.114. The summed E-state index contributed by atoms with van der Waals surface area (Å²) in [5, 5.41) is 6.26. The number of aryl methyl sites for hydroxylation is 1. The van der Waals surface area contributed by atoms with E-state index in [2.05, 4.69) is 20.6 Å². The third kappa shape index (κ3) is 6.18. The first-order valence-electron chi connectivity index (χ1n) is 10.0. The van der Waals surface area contributed by atoms with Gasteiger partial charge in [0.05, 0.1) is 5.38 Å². The lowest BCUT2D eigenvalue weighted by Crippen LogP contribution is -2.36. The molecule has 0 aromatic carbocycles. The van der Waals surface area contributed by atoms with Gasteiger partial charge in [-0.3, -0.25) is 19.1 Å². The highest BCUT2D eigenvalue weighted by atomic mass is 35.5. The molecule has 1 aliphatic carbocycles. The van der Waals surface area contributed by atoms with Crippen LogP contribution in [0.15, 0.2) is 58.1 Å². The third-order valence-corrected chi connectivity index (χ3v) is 5.90. The lowest BCUT2D eigenvalue weighted by atomic mass is 9.97. The van der Waals surface area contributed by atoms with Gasteiger partial charge in [-0.15, -0.1) is 11.6 Å². The van der Waals surface area contributed by atoms with Crippen molar-refractivity contribution in [3.8, 4) is 0 Å². The maximum absolute atomic E-state index is 12.8. The minimum Gasteiger partial charge on any atom is -0.365 e. The van der Waals surface area contributed by atoms with E-state index in [-0.39, 0.29) is 41.7 Å². The molecule has 0 saturated carbocycles. The monoisotopic (exact) mass is 461 g/mol. The first kappa shape index (κ1) is 23.0. The number of carbonyl (C=O) groups excluding carboxylic acids is 1. The van der Waals surface area contributed by atoms with Crippen molar-refractivity contribution in [3.63, 3.8) is 0 Å². The molecule has 0 saturated heterocycles. The van der Waals surface area contributed by atoms with E-state index in [9.17, 15) is 9.59 Å². The number of rotatable bonds is 8. The molecule has 2 heterocycles. The molecule has 1 aliphatic rings. The van der Waals surface area contributed by atoms with Crippen LogP contribution in [0.3, 0.4) is 0 Å². The molecule has 0 bridgehead atoms. The zero-order valence-corrected chi connectivity index (χ0v) is 19.0. The van der Waals surface area contributed by atoms with E-state index in [1.54, 1.807) is 19.3 Å². The summed E-state index contributed by atoms with van der Waals surface area (Å²) in [6.07, 6.45) is 7.68. The Balaban J connectivity index is 1.60. The highest BCUT2D eigenvalue weighted by molar-refractivity contribution is 6.32. The summed E-state index contributed by atoms with van der Waals surface area (Å²) >= 11 is 12.5. The number of aromatic nitrogens is 3. The van der Waals surface area contributed by atoms with Crippen LogP contribution in [0, 0.1) is 12.8 Å². The molecule has 0 fully saturated rings. The Morgan fingerprint density at radius 1 is 1.26 bits per heavy atom. The van der Waals surface area contributed by atoms with Gasteiger partial charge in [0.2, 0.25) is 5.91 Å². The molecule has 0 spiro atoms. The molecule has 2 N–H and O–H groups in total. The fraction of sp³-hybridized carbons (Fsp3) is 0.364. The van der Waals surface area contributed by atoms with Crippen molar-refractivity contribution >= 4 is 34.9 Å². The lowest BCUT2D eigenvalue weighted by molar-refractivity contribution is -0.121. The number of hydrogen-bond acceptors (Lipinski definition) is 5. The van der Waals surface area contributed by atoms with Crippen LogP contribution < -0.4 is 16.2 Å². The number of nitrogens with zero attached hydrogens (tertiary/aromatic N) is 3. The fourth-order valence-corrected chi connectivity index (χ4v) is 3.69. The summed E-state index contributed by atoms with van der Waals surface area (Å²) in [5.74, 6) is 0.0375. The van der Waals surface area contributed by atoms with Crippen LogP contribution in [0.25, 0.3) is 0 Å². The molecule has 3 rings (SSSR count). The lowest BCUT2D eigenvalue weighted by Gasteiger charge is -2.20. The number of carbonyl (C=O) groups is 1. The summed E-state index contributed by atoms with van der Waals surface area (Å²) in [4.78, 5) is 33.7. The molecule has 2 atom stereocenters. The Labute approximate surface area is 191 Å². The highest BCUT2D eigenvalue weighted by Gasteiger charge is 2.19. The number of allylic oxidation sites excluding steroid dienone is 2. The second-order valence-electron chi connectivity index (χ2n) is 7.42. The van der Waals surface area contributed by atoms with Gasteiger partial charge >= 0.3 is 0 Å². The van der Waals surface area contributed by atoms with Crippen molar-refractivity contribution in [3.05, 3.63) is 75.1 Å². The minimum atomic E-state index is -0.347. The van der Waals surface area contributed by atoms with Gasteiger partial charge in [-0.05, 0) is 30.5 Å². The Bertz CT molecular complexity index is 1050. The van der Waals surface area contributed by atoms with Crippen LogP contribution in [0.2, 0.25) is 0 Å². The zero-order valence-electron chi connectivity index (χ0n) is 17.4. The van der Waals surface area contributed by atoms with Crippen molar-refractivity contribution < 1.29 is 4.79 Å². The molecule has 0 radical (unpaired) electrons. The zero-order chi connectivity index (χ0) is 22.4. The van der Waals surface area contributed by atoms with E-state index in [0.717, 1.165) is 11.3 Å². The number of amides is 1. The smallest absolute Gasteiger partial charge is 0.293 e. The Hall–Kier alpha value is -2.64. The number of hydrogen-bond donors (Lipinski definition) is 2. The second-order valence-corrected chi connectivity index (χ2v) is 8.34. The normalized spacial score (nSPS) is 18.2. The third-order valence-electron chi connectivity index (χ3n) is 5.01. The van der Waals surface area contributed by atoms with E-state index in [1.807, 2.05) is 37.3 Å². The largest absolute Gasteiger partial charge is 0.365 e. The van der Waals surface area contributed by atoms with Gasteiger partial charge in [0.15, 0.2) is 5.82 Å². The number of anilines is 1. The quantitative estimate of drug-likeness (QED) is 0.589. The molecule has 9 heteroatoms. The SMILES string of the molecule is Cc1cnc(NCCc2ccccn2)c(=O)n1CC(=O)NCC1=CC(Cl)C(C)C=C1Cl. The Morgan fingerprint density at radius 2 is 2.06 bits per heavy atom. The van der Waals surface area contributed by atoms with Crippen molar-refractivity contribution in [1.29, 1.82) is 0 Å². The molecule has 31 heavy (non-hydrogen) atoms. The van der Waals surface area contributed by atoms with E-state index in [1.165, 1.54) is 4.57 Å². The topological polar surface area (TPSA) is 88.9 Å². The maximum atomic E-state index is 12.8. The van der Waals surface area contributed by atoms with Crippen molar-refractivity contribution in [2.24, 2.45) is 5.92 Å². The summed E-state index contributed by atoms with van der Waals surface area (Å²) in [6.45, 7) is 4.36. The predicted molar refractivity (Wildman–Crippen MR) is 123 cm³/mol. The maximum Gasteiger partial charge on any atom is 0.293 e. The summed E-state index contributed by atoms with van der Waals surface area (Å²) in [7, 11) is 0. The first-order chi connectivity index (χ1) is 14.8. The first-order valence-corrected chi connectivity index (χ1v) is 10.9. The molecule has 164 valence electrons. The number of alkyl halides is 1. The number of halogens is 2. The van der Waals surface area contributed by atoms with Gasteiger partial charge in [0.1, 0.15) is 6.54 Å². The summed E-state index contributed by atoms with van der Waals surface area (Å²) in [6, 6.07) is 5.69. The van der Waals surface area contributed by atoms with Crippen molar-refractivity contribution in [2.45, 2.75) is 32.2 Å². The van der Waals surface area contributed by atoms with Gasteiger partial charge in [0, 0.05) is 48.3 Å². The Morgan fingerprint density at radius 3 is 2.81 bits per heavy atom. The van der Waals surface area contributed by atoms with Gasteiger partial charge in [0.25, 0.3) is 5.56 Å². The van der Waals surface area contributed by atoms with Crippen LogP contribution >= 0.6 is 23.2 Å². The number of pyridine rings is 1. The van der Waals surface area contributed by atoms with Crippen molar-refractivity contribution in [1.82, 2.24) is 19.9 Å². The van der Waals surface area contributed by atoms with Crippen molar-refractivity contribution in [2.75, 3.05) is 18.4 Å². The van der Waals surface area contributed by atoms with Crippen LogP contribution in [0.4, 0.5) is 5.82 Å². The van der Waals surface area contributed by atoms with Crippen LogP contribution in [0.1, 0.15) is 18.3 Å². The molecule has 2 unspecified atom stereocenters. The summed E-state index contributed by atoms with van der Waals surface area (Å²) < 4.78 is 1.39. The standard InChI is InChI=1S/C22H25Cl2N5O2/c1-14-9-19(24)16(10-18(14)23)12-27-20(30)13-29-15(2)11-28-21(22(29)31)26-8-6-17-5-3-4-7-25-17/h3-5,7,9-11,14,18H,6,8,12-13H2,1-2H3,(H,26,28)(H,27,30). The van der Waals surface area contributed by atoms with Gasteiger partial charge < -0.3 is 10.6 Å². The van der Waals surface area contributed by atoms with E-state index < -0.39 is 0 Å². The molecule has 0 aliphatic heterocycles. The second kappa shape index (κ2) is 10.6.